The minimum absolute atomic E-state index is 0.164. The lowest BCUT2D eigenvalue weighted by Crippen LogP contribution is -2.34. The number of carbonyl (C=O) groups is 1. The maximum atomic E-state index is 13.3. The molecule has 2 N–H and O–H groups in total. The van der Waals surface area contributed by atoms with Crippen LogP contribution >= 0.6 is 11.8 Å². The van der Waals surface area contributed by atoms with Gasteiger partial charge in [-0.15, -0.1) is 11.8 Å². The van der Waals surface area contributed by atoms with Crippen LogP contribution in [0.5, 0.6) is 0 Å². The number of rotatable bonds is 8. The molecular weight excluding hydrogens is 269 g/mol. The molecule has 0 aromatic heterocycles. The number of amides is 1. The third-order valence-corrected chi connectivity index (χ3v) is 3.37. The van der Waals surface area contributed by atoms with Gasteiger partial charge in [-0.3, -0.25) is 4.79 Å². The Kier molecular flexibility index (Phi) is 7.47. The fraction of sp³-hybridized carbons (Fsp3) is 0.462. The maximum Gasteiger partial charge on any atom is 0.220 e. The van der Waals surface area contributed by atoms with E-state index in [0.29, 0.717) is 10.6 Å². The minimum Gasteiger partial charge on any atom is -0.389 e. The summed E-state index contributed by atoms with van der Waals surface area (Å²) in [6.45, 7) is 0.349. The van der Waals surface area contributed by atoms with Crippen LogP contribution in [0, 0.1) is 5.82 Å². The first-order chi connectivity index (χ1) is 9.13. The van der Waals surface area contributed by atoms with Gasteiger partial charge in [0.25, 0.3) is 0 Å². The zero-order valence-corrected chi connectivity index (χ0v) is 11.6. The van der Waals surface area contributed by atoms with E-state index >= 15 is 0 Å². The van der Waals surface area contributed by atoms with Gasteiger partial charge >= 0.3 is 0 Å². The van der Waals surface area contributed by atoms with Crippen LogP contribution in [0.25, 0.3) is 0 Å². The van der Waals surface area contributed by atoms with Crippen LogP contribution in [0.15, 0.2) is 29.2 Å². The first-order valence-corrected chi connectivity index (χ1v) is 6.93. The quantitative estimate of drug-likeness (QED) is 0.710. The molecule has 0 heterocycles. The van der Waals surface area contributed by atoms with Gasteiger partial charge in [0.1, 0.15) is 5.82 Å². The third kappa shape index (κ3) is 6.56. The molecule has 6 heteroatoms. The van der Waals surface area contributed by atoms with Crippen molar-refractivity contribution in [3.8, 4) is 0 Å². The highest BCUT2D eigenvalue weighted by Gasteiger charge is 2.07. The molecule has 0 saturated carbocycles. The Balaban J connectivity index is 2.19. The Morgan fingerprint density at radius 2 is 2.26 bits per heavy atom. The van der Waals surface area contributed by atoms with Crippen molar-refractivity contribution < 1.29 is 19.0 Å². The topological polar surface area (TPSA) is 58.6 Å². The Morgan fingerprint density at radius 3 is 2.95 bits per heavy atom. The van der Waals surface area contributed by atoms with E-state index in [1.165, 1.54) is 24.9 Å². The normalized spacial score (nSPS) is 12.2. The molecule has 0 spiro atoms. The molecule has 1 aromatic carbocycles. The molecule has 0 aliphatic rings. The molecule has 4 nitrogen and oxygen atoms in total. The minimum atomic E-state index is -0.701. The number of carbonyl (C=O) groups excluding carboxylic acids is 1. The first-order valence-electron chi connectivity index (χ1n) is 5.94. The van der Waals surface area contributed by atoms with Crippen molar-refractivity contribution in [1.82, 2.24) is 5.32 Å². The Bertz CT molecular complexity index is 403. The van der Waals surface area contributed by atoms with Gasteiger partial charge in [-0.25, -0.2) is 4.39 Å². The molecule has 0 saturated heterocycles. The van der Waals surface area contributed by atoms with Gasteiger partial charge in [0.2, 0.25) is 5.91 Å². The van der Waals surface area contributed by atoms with Crippen LogP contribution in [0.1, 0.15) is 6.42 Å². The average Bonchev–Trinajstić information content (AvgIpc) is 2.39. The van der Waals surface area contributed by atoms with Crippen molar-refractivity contribution in [3.05, 3.63) is 30.1 Å². The van der Waals surface area contributed by atoms with E-state index in [9.17, 15) is 14.3 Å². The first kappa shape index (κ1) is 15.9. The van der Waals surface area contributed by atoms with Crippen molar-refractivity contribution in [3.63, 3.8) is 0 Å². The highest BCUT2D eigenvalue weighted by atomic mass is 32.2. The highest BCUT2D eigenvalue weighted by Crippen LogP contribution is 2.21. The van der Waals surface area contributed by atoms with E-state index in [-0.39, 0.29) is 31.3 Å². The summed E-state index contributed by atoms with van der Waals surface area (Å²) in [7, 11) is 1.48. The van der Waals surface area contributed by atoms with E-state index in [4.69, 9.17) is 4.74 Å². The maximum absolute atomic E-state index is 13.3. The Labute approximate surface area is 116 Å². The predicted octanol–water partition coefficient (Wildman–Crippen LogP) is 1.43. The second kappa shape index (κ2) is 8.90. The monoisotopic (exact) mass is 287 g/mol. The Hall–Kier alpha value is -1.11. The number of ether oxygens (including phenoxy) is 1. The summed E-state index contributed by atoms with van der Waals surface area (Å²) in [5.41, 5.74) is 0. The number of aliphatic hydroxyl groups is 1. The summed E-state index contributed by atoms with van der Waals surface area (Å²) in [4.78, 5) is 12.0. The van der Waals surface area contributed by atoms with Crippen LogP contribution in [0.2, 0.25) is 0 Å². The molecule has 1 unspecified atom stereocenters. The lowest BCUT2D eigenvalue weighted by molar-refractivity contribution is -0.121. The molecule has 0 aliphatic heterocycles. The van der Waals surface area contributed by atoms with Crippen LogP contribution in [-0.4, -0.2) is 43.1 Å². The van der Waals surface area contributed by atoms with Gasteiger partial charge in [-0.1, -0.05) is 12.1 Å². The average molecular weight is 287 g/mol. The van der Waals surface area contributed by atoms with Gasteiger partial charge < -0.3 is 15.2 Å². The van der Waals surface area contributed by atoms with E-state index in [1.54, 1.807) is 18.2 Å². The zero-order valence-electron chi connectivity index (χ0n) is 10.8. The molecule has 106 valence electrons. The van der Waals surface area contributed by atoms with Crippen molar-refractivity contribution in [2.45, 2.75) is 17.4 Å². The standard InChI is InChI=1S/C13H18FNO3S/c1-18-9-10(16)8-15-13(17)6-7-19-12-5-3-2-4-11(12)14/h2-5,10,16H,6-9H2,1H3,(H,15,17). The number of nitrogens with one attached hydrogen (secondary N) is 1. The Morgan fingerprint density at radius 1 is 1.53 bits per heavy atom. The summed E-state index contributed by atoms with van der Waals surface area (Å²) < 4.78 is 18.0. The molecule has 1 rings (SSSR count). The zero-order chi connectivity index (χ0) is 14.1. The van der Waals surface area contributed by atoms with Gasteiger partial charge in [0.05, 0.1) is 12.7 Å². The van der Waals surface area contributed by atoms with Crippen LogP contribution < -0.4 is 5.32 Å². The lowest BCUT2D eigenvalue weighted by atomic mass is 10.3. The number of thioether (sulfide) groups is 1. The van der Waals surface area contributed by atoms with E-state index in [2.05, 4.69) is 5.32 Å². The van der Waals surface area contributed by atoms with Crippen molar-refractivity contribution in [1.29, 1.82) is 0 Å². The van der Waals surface area contributed by atoms with Crippen LogP contribution in [0.3, 0.4) is 0 Å². The van der Waals surface area contributed by atoms with Gasteiger partial charge in [-0.05, 0) is 12.1 Å². The second-order valence-corrected chi connectivity index (χ2v) is 5.08. The lowest BCUT2D eigenvalue weighted by Gasteiger charge is -2.10. The smallest absolute Gasteiger partial charge is 0.220 e. The number of hydrogen-bond acceptors (Lipinski definition) is 4. The number of benzene rings is 1. The third-order valence-electron chi connectivity index (χ3n) is 2.32. The molecule has 0 fully saturated rings. The molecule has 19 heavy (non-hydrogen) atoms. The molecule has 0 aliphatic carbocycles. The fourth-order valence-corrected chi connectivity index (χ4v) is 2.27. The van der Waals surface area contributed by atoms with E-state index in [1.807, 2.05) is 0 Å². The summed E-state index contributed by atoms with van der Waals surface area (Å²) in [5.74, 6) is 0.0510. The SMILES string of the molecule is COCC(O)CNC(=O)CCSc1ccccc1F. The van der Waals surface area contributed by atoms with Gasteiger partial charge in [-0.2, -0.15) is 0 Å². The fourth-order valence-electron chi connectivity index (χ4n) is 1.39. The number of halogens is 1. The van der Waals surface area contributed by atoms with Crippen LogP contribution in [-0.2, 0) is 9.53 Å². The van der Waals surface area contributed by atoms with Crippen molar-refractivity contribution in [2.24, 2.45) is 0 Å². The second-order valence-electron chi connectivity index (χ2n) is 3.94. The van der Waals surface area contributed by atoms with Crippen molar-refractivity contribution >= 4 is 17.7 Å². The molecule has 1 amide bonds. The van der Waals surface area contributed by atoms with Crippen LogP contribution in [0.4, 0.5) is 4.39 Å². The number of hydrogen-bond donors (Lipinski definition) is 2. The molecule has 0 bridgehead atoms. The summed E-state index contributed by atoms with van der Waals surface area (Å²) >= 11 is 1.30. The predicted molar refractivity (Wildman–Crippen MR) is 72.6 cm³/mol. The van der Waals surface area contributed by atoms with E-state index in [0.717, 1.165) is 0 Å². The number of methoxy groups -OCH3 is 1. The van der Waals surface area contributed by atoms with Gasteiger partial charge in [0, 0.05) is 30.7 Å². The van der Waals surface area contributed by atoms with Crippen molar-refractivity contribution in [2.75, 3.05) is 26.0 Å². The van der Waals surface area contributed by atoms with Gasteiger partial charge in [0.15, 0.2) is 0 Å². The van der Waals surface area contributed by atoms with E-state index < -0.39 is 6.10 Å². The summed E-state index contributed by atoms with van der Waals surface area (Å²) in [5, 5.41) is 11.9. The molecule has 1 atom stereocenters. The number of aliphatic hydroxyl groups excluding tert-OH is 1. The summed E-state index contributed by atoms with van der Waals surface area (Å²) in [6.07, 6.45) is -0.424. The molecular formula is C13H18FNO3S. The molecule has 1 aromatic rings. The summed E-state index contributed by atoms with van der Waals surface area (Å²) in [6, 6.07) is 6.46. The highest BCUT2D eigenvalue weighted by molar-refractivity contribution is 7.99. The molecule has 0 radical (unpaired) electrons. The largest absolute Gasteiger partial charge is 0.389 e.